The second-order valence-electron chi connectivity index (χ2n) is 19.3. The maximum absolute atomic E-state index is 6.13. The highest BCUT2D eigenvalue weighted by atomic mass is 16.3. The minimum absolute atomic E-state index is 0.0843. The third kappa shape index (κ3) is 4.12. The van der Waals surface area contributed by atoms with E-state index in [9.17, 15) is 0 Å². The zero-order valence-corrected chi connectivity index (χ0v) is 34.3. The Morgan fingerprint density at radius 1 is 0.407 bits per heavy atom. The Kier molecular flexibility index (Phi) is 6.26. The summed E-state index contributed by atoms with van der Waals surface area (Å²) in [5.41, 5.74) is 23.2. The highest BCUT2D eigenvalue weighted by molar-refractivity contribution is 6.12. The normalized spacial score (nSPS) is 19.5. The van der Waals surface area contributed by atoms with Crippen molar-refractivity contribution in [1.82, 2.24) is 0 Å². The Labute approximate surface area is 344 Å². The second-order valence-corrected chi connectivity index (χ2v) is 19.3. The fraction of sp³-hybridized carbons (Fsp3) is 0.193. The van der Waals surface area contributed by atoms with Gasteiger partial charge in [-0.1, -0.05) is 139 Å². The first-order chi connectivity index (χ1) is 28.5. The van der Waals surface area contributed by atoms with Crippen molar-refractivity contribution in [3.63, 3.8) is 0 Å². The Morgan fingerprint density at radius 2 is 0.932 bits per heavy atom. The molecule has 2 unspecified atom stereocenters. The van der Waals surface area contributed by atoms with E-state index in [1.807, 2.05) is 18.6 Å². The molecule has 2 heterocycles. The minimum Gasteiger partial charge on any atom is -0.464 e. The van der Waals surface area contributed by atoms with Gasteiger partial charge < -0.3 is 8.83 Å². The third-order valence-corrected chi connectivity index (χ3v) is 15.3. The zero-order valence-electron chi connectivity index (χ0n) is 34.3. The Balaban J connectivity index is 0.993. The molecular formula is C57H44O2. The van der Waals surface area contributed by atoms with Crippen molar-refractivity contribution in [1.29, 1.82) is 0 Å². The van der Waals surface area contributed by atoms with Crippen molar-refractivity contribution in [3.8, 4) is 33.4 Å². The molecular weight excluding hydrogens is 717 g/mol. The van der Waals surface area contributed by atoms with Crippen LogP contribution < -0.4 is 0 Å². The van der Waals surface area contributed by atoms with Crippen LogP contribution in [0.5, 0.6) is 0 Å². The average Bonchev–Trinajstić information content (AvgIpc) is 4.02. The molecule has 4 aliphatic rings. The molecule has 59 heavy (non-hydrogen) atoms. The largest absolute Gasteiger partial charge is 0.464 e. The molecule has 0 bridgehead atoms. The molecule has 0 fully saturated rings. The van der Waals surface area contributed by atoms with Crippen LogP contribution in [-0.2, 0) is 16.2 Å². The molecule has 0 N–H and O–H groups in total. The predicted octanol–water partition coefficient (Wildman–Crippen LogP) is 15.1. The second kappa shape index (κ2) is 11.0. The number of rotatable bonds is 2. The van der Waals surface area contributed by atoms with Gasteiger partial charge in [-0.2, -0.15) is 0 Å². The summed E-state index contributed by atoms with van der Waals surface area (Å²) in [5.74, 6) is 0.594. The topological polar surface area (TPSA) is 26.3 Å². The standard InChI is InChI=1S/C57H44O2/c1-55(2)45-27-41-47(56(3,4)49-23-37(31-15-7-9-19-35(31)53(41)49)43-29-58-51-21-13-11-17-33(43)51)25-39(45)40-26-48-42(28-46(40)55)54-36-20-10-8-16-32(36)38(24-50(54)57(48,5)6)44-30-59-52-22-14-12-18-34(44)52/h7-30,49,53H,1-6H3. The Bertz CT molecular complexity index is 3370. The van der Waals surface area contributed by atoms with Gasteiger partial charge in [0.1, 0.15) is 11.2 Å². The summed E-state index contributed by atoms with van der Waals surface area (Å²) < 4.78 is 12.3. The molecule has 284 valence electrons. The van der Waals surface area contributed by atoms with Crippen LogP contribution in [0.3, 0.4) is 0 Å². The number of para-hydroxylation sites is 2. The number of allylic oxidation sites excluding steroid dienone is 1. The van der Waals surface area contributed by atoms with Crippen molar-refractivity contribution >= 4 is 38.3 Å². The number of fused-ring (bicyclic) bond motifs is 15. The molecule has 0 saturated carbocycles. The number of hydrogen-bond donors (Lipinski definition) is 0. The zero-order chi connectivity index (χ0) is 39.7. The molecule has 2 atom stereocenters. The monoisotopic (exact) mass is 760 g/mol. The highest BCUT2D eigenvalue weighted by Gasteiger charge is 2.51. The smallest absolute Gasteiger partial charge is 0.134 e. The van der Waals surface area contributed by atoms with Crippen molar-refractivity contribution in [2.24, 2.45) is 5.92 Å². The molecule has 9 aromatic rings. The van der Waals surface area contributed by atoms with Gasteiger partial charge in [0.2, 0.25) is 0 Å². The lowest BCUT2D eigenvalue weighted by molar-refractivity contribution is 0.390. The summed E-state index contributed by atoms with van der Waals surface area (Å²) in [4.78, 5) is 0. The fourth-order valence-electron chi connectivity index (χ4n) is 12.3. The van der Waals surface area contributed by atoms with Gasteiger partial charge in [-0.15, -0.1) is 0 Å². The van der Waals surface area contributed by atoms with Crippen LogP contribution in [0, 0.1) is 5.92 Å². The predicted molar refractivity (Wildman–Crippen MR) is 242 cm³/mol. The molecule has 0 saturated heterocycles. The van der Waals surface area contributed by atoms with Crippen LogP contribution >= 0.6 is 0 Å². The highest BCUT2D eigenvalue weighted by Crippen LogP contribution is 2.63. The van der Waals surface area contributed by atoms with E-state index < -0.39 is 0 Å². The van der Waals surface area contributed by atoms with E-state index >= 15 is 0 Å². The number of benzene rings is 7. The molecule has 0 spiro atoms. The molecule has 13 rings (SSSR count). The average molecular weight is 761 g/mol. The molecule has 0 radical (unpaired) electrons. The molecule has 2 nitrogen and oxygen atoms in total. The van der Waals surface area contributed by atoms with Gasteiger partial charge in [-0.25, -0.2) is 0 Å². The van der Waals surface area contributed by atoms with Crippen LogP contribution in [0.2, 0.25) is 0 Å². The van der Waals surface area contributed by atoms with Crippen molar-refractivity contribution in [2.45, 2.75) is 63.7 Å². The van der Waals surface area contributed by atoms with Gasteiger partial charge >= 0.3 is 0 Å². The number of hydrogen-bond acceptors (Lipinski definition) is 2. The summed E-state index contributed by atoms with van der Waals surface area (Å²) in [5, 5.41) is 4.91. The lowest BCUT2D eigenvalue weighted by Gasteiger charge is -2.35. The van der Waals surface area contributed by atoms with Crippen molar-refractivity contribution in [2.75, 3.05) is 0 Å². The molecule has 7 aromatic carbocycles. The lowest BCUT2D eigenvalue weighted by Crippen LogP contribution is -2.27. The van der Waals surface area contributed by atoms with Crippen LogP contribution in [0.4, 0.5) is 0 Å². The van der Waals surface area contributed by atoms with E-state index in [2.05, 4.69) is 169 Å². The quantitative estimate of drug-likeness (QED) is 0.175. The van der Waals surface area contributed by atoms with Gasteiger partial charge in [0.25, 0.3) is 0 Å². The molecule has 2 heteroatoms. The summed E-state index contributed by atoms with van der Waals surface area (Å²) >= 11 is 0. The van der Waals surface area contributed by atoms with Gasteiger partial charge in [-0.05, 0) is 136 Å². The first kappa shape index (κ1) is 33.6. The third-order valence-electron chi connectivity index (χ3n) is 15.3. The minimum atomic E-state index is -0.196. The van der Waals surface area contributed by atoms with Gasteiger partial charge in [0.05, 0.1) is 12.5 Å². The first-order valence-electron chi connectivity index (χ1n) is 21.2. The van der Waals surface area contributed by atoms with Crippen molar-refractivity contribution in [3.05, 3.63) is 196 Å². The lowest BCUT2D eigenvalue weighted by atomic mass is 9.68. The van der Waals surface area contributed by atoms with Gasteiger partial charge in [0, 0.05) is 38.6 Å². The molecule has 4 aliphatic carbocycles. The van der Waals surface area contributed by atoms with E-state index in [4.69, 9.17) is 8.83 Å². The molecule has 0 aliphatic heterocycles. The van der Waals surface area contributed by atoms with Crippen LogP contribution in [-0.4, -0.2) is 0 Å². The van der Waals surface area contributed by atoms with E-state index in [0.29, 0.717) is 5.92 Å². The van der Waals surface area contributed by atoms with Crippen LogP contribution in [0.15, 0.2) is 155 Å². The Morgan fingerprint density at radius 3 is 1.68 bits per heavy atom. The van der Waals surface area contributed by atoms with Crippen LogP contribution in [0.25, 0.3) is 71.7 Å². The summed E-state index contributed by atoms with van der Waals surface area (Å²) in [6.07, 6.45) is 6.51. The van der Waals surface area contributed by atoms with E-state index in [1.165, 1.54) is 99.6 Å². The summed E-state index contributed by atoms with van der Waals surface area (Å²) in [6, 6.07) is 47.9. The van der Waals surface area contributed by atoms with E-state index in [0.717, 1.165) is 22.1 Å². The van der Waals surface area contributed by atoms with E-state index in [1.54, 1.807) is 0 Å². The number of furan rings is 2. The van der Waals surface area contributed by atoms with Gasteiger partial charge in [-0.3, -0.25) is 0 Å². The Hall–Kier alpha value is -6.38. The van der Waals surface area contributed by atoms with Crippen molar-refractivity contribution < 1.29 is 8.83 Å². The van der Waals surface area contributed by atoms with Crippen LogP contribution in [0.1, 0.15) is 97.5 Å². The molecule has 2 aromatic heterocycles. The summed E-state index contributed by atoms with van der Waals surface area (Å²) in [6.45, 7) is 14.7. The fourth-order valence-corrected chi connectivity index (χ4v) is 12.3. The van der Waals surface area contributed by atoms with E-state index in [-0.39, 0.29) is 22.2 Å². The summed E-state index contributed by atoms with van der Waals surface area (Å²) in [7, 11) is 0. The SMILES string of the molecule is CC1(C)c2cc3c(cc2-c2cc4c(cc21)C1c2ccccc2C(c2coc5ccccc25)=CC1C4(C)C)C(C)(C)c1cc(-c2coc4ccccc24)c2ccccc2c1-3. The van der Waals surface area contributed by atoms with Gasteiger partial charge in [0.15, 0.2) is 0 Å². The maximum Gasteiger partial charge on any atom is 0.134 e. The first-order valence-corrected chi connectivity index (χ1v) is 21.2. The molecule has 0 amide bonds. The maximum atomic E-state index is 6.13.